The molecule has 0 aromatic heterocycles. The van der Waals surface area contributed by atoms with Crippen LogP contribution in [-0.2, 0) is 6.42 Å². The molecule has 0 aliphatic rings. The quantitative estimate of drug-likeness (QED) is 0.818. The molecule has 3 heteroatoms. The SMILES string of the molecule is OC(CCCc1ccccc1)c1ccc(Cl)cc1Cl. The Morgan fingerprint density at radius 3 is 2.42 bits per heavy atom. The van der Waals surface area contributed by atoms with Crippen LogP contribution in [0.4, 0.5) is 0 Å². The Hall–Kier alpha value is -1.02. The number of aryl methyl sites for hydroxylation is 1. The molecule has 100 valence electrons. The van der Waals surface area contributed by atoms with Gasteiger partial charge in [0, 0.05) is 10.0 Å². The molecule has 0 radical (unpaired) electrons. The van der Waals surface area contributed by atoms with Gasteiger partial charge in [0.25, 0.3) is 0 Å². The first-order valence-corrected chi connectivity index (χ1v) is 7.09. The molecule has 0 saturated carbocycles. The zero-order valence-electron chi connectivity index (χ0n) is 10.5. The van der Waals surface area contributed by atoms with Crippen molar-refractivity contribution in [1.82, 2.24) is 0 Å². The molecule has 0 amide bonds. The van der Waals surface area contributed by atoms with Crippen LogP contribution in [-0.4, -0.2) is 5.11 Å². The second kappa shape index (κ2) is 6.95. The molecule has 1 unspecified atom stereocenters. The maximum absolute atomic E-state index is 10.1. The fraction of sp³-hybridized carbons (Fsp3) is 0.250. The van der Waals surface area contributed by atoms with Crippen LogP contribution in [0.3, 0.4) is 0 Å². The van der Waals surface area contributed by atoms with Crippen LogP contribution >= 0.6 is 23.2 Å². The van der Waals surface area contributed by atoms with Crippen molar-refractivity contribution in [2.75, 3.05) is 0 Å². The smallest absolute Gasteiger partial charge is 0.0804 e. The van der Waals surface area contributed by atoms with Crippen LogP contribution in [0, 0.1) is 0 Å². The minimum Gasteiger partial charge on any atom is -0.388 e. The van der Waals surface area contributed by atoms with Crippen molar-refractivity contribution in [2.45, 2.75) is 25.4 Å². The summed E-state index contributed by atoms with van der Waals surface area (Å²) in [4.78, 5) is 0. The summed E-state index contributed by atoms with van der Waals surface area (Å²) < 4.78 is 0. The predicted molar refractivity (Wildman–Crippen MR) is 80.8 cm³/mol. The van der Waals surface area contributed by atoms with E-state index in [0.717, 1.165) is 18.4 Å². The van der Waals surface area contributed by atoms with E-state index in [2.05, 4.69) is 12.1 Å². The monoisotopic (exact) mass is 294 g/mol. The summed E-state index contributed by atoms with van der Waals surface area (Å²) in [6.45, 7) is 0. The molecule has 1 N–H and O–H groups in total. The number of hydrogen-bond acceptors (Lipinski definition) is 1. The van der Waals surface area contributed by atoms with Gasteiger partial charge in [0.2, 0.25) is 0 Å². The van der Waals surface area contributed by atoms with Crippen LogP contribution in [0.25, 0.3) is 0 Å². The Morgan fingerprint density at radius 1 is 1.00 bits per heavy atom. The van der Waals surface area contributed by atoms with Crippen molar-refractivity contribution in [3.63, 3.8) is 0 Å². The van der Waals surface area contributed by atoms with Gasteiger partial charge in [-0.15, -0.1) is 0 Å². The number of aliphatic hydroxyl groups excluding tert-OH is 1. The molecule has 0 fully saturated rings. The highest BCUT2D eigenvalue weighted by Gasteiger charge is 2.11. The van der Waals surface area contributed by atoms with Gasteiger partial charge in [-0.3, -0.25) is 0 Å². The summed E-state index contributed by atoms with van der Waals surface area (Å²) in [7, 11) is 0. The maximum Gasteiger partial charge on any atom is 0.0804 e. The van der Waals surface area contributed by atoms with Crippen molar-refractivity contribution in [2.24, 2.45) is 0 Å². The fourth-order valence-corrected chi connectivity index (χ4v) is 2.61. The van der Waals surface area contributed by atoms with Crippen LogP contribution in [0.2, 0.25) is 10.0 Å². The normalized spacial score (nSPS) is 12.4. The van der Waals surface area contributed by atoms with E-state index < -0.39 is 6.10 Å². The molecule has 1 nitrogen and oxygen atoms in total. The molecule has 2 rings (SSSR count). The predicted octanol–water partition coefficient (Wildman–Crippen LogP) is 5.05. The van der Waals surface area contributed by atoms with Crippen LogP contribution < -0.4 is 0 Å². The first kappa shape index (κ1) is 14.4. The second-order valence-corrected chi connectivity index (χ2v) is 5.40. The molecule has 0 spiro atoms. The third kappa shape index (κ3) is 4.24. The van der Waals surface area contributed by atoms with E-state index in [1.807, 2.05) is 18.2 Å². The Bertz CT molecular complexity index is 526. The average Bonchev–Trinajstić information content (AvgIpc) is 2.39. The summed E-state index contributed by atoms with van der Waals surface area (Å²) in [5.74, 6) is 0. The highest BCUT2D eigenvalue weighted by molar-refractivity contribution is 6.35. The highest BCUT2D eigenvalue weighted by Crippen LogP contribution is 2.29. The minimum absolute atomic E-state index is 0.528. The Balaban J connectivity index is 1.89. The van der Waals surface area contributed by atoms with Crippen molar-refractivity contribution >= 4 is 23.2 Å². The average molecular weight is 295 g/mol. The van der Waals surface area contributed by atoms with Gasteiger partial charge in [0.15, 0.2) is 0 Å². The minimum atomic E-state index is -0.534. The fourth-order valence-electron chi connectivity index (χ4n) is 2.07. The van der Waals surface area contributed by atoms with Gasteiger partial charge in [-0.2, -0.15) is 0 Å². The molecular weight excluding hydrogens is 279 g/mol. The van der Waals surface area contributed by atoms with E-state index in [4.69, 9.17) is 23.2 Å². The Kier molecular flexibility index (Phi) is 5.26. The lowest BCUT2D eigenvalue weighted by molar-refractivity contribution is 0.165. The molecule has 0 aliphatic carbocycles. The largest absolute Gasteiger partial charge is 0.388 e. The Labute approximate surface area is 123 Å². The summed E-state index contributed by atoms with van der Waals surface area (Å²) in [5, 5.41) is 11.3. The van der Waals surface area contributed by atoms with Gasteiger partial charge in [-0.25, -0.2) is 0 Å². The van der Waals surface area contributed by atoms with Gasteiger partial charge in [0.05, 0.1) is 6.10 Å². The number of halogens is 2. The molecule has 2 aromatic carbocycles. The maximum atomic E-state index is 10.1. The lowest BCUT2D eigenvalue weighted by Crippen LogP contribution is -1.99. The second-order valence-electron chi connectivity index (χ2n) is 4.56. The standard InChI is InChI=1S/C16H16Cl2O/c17-13-9-10-14(15(18)11-13)16(19)8-4-7-12-5-2-1-3-6-12/h1-3,5-6,9-11,16,19H,4,7-8H2. The van der Waals surface area contributed by atoms with Crippen molar-refractivity contribution in [3.05, 3.63) is 69.7 Å². The van der Waals surface area contributed by atoms with E-state index in [0.29, 0.717) is 16.5 Å². The molecule has 19 heavy (non-hydrogen) atoms. The van der Waals surface area contributed by atoms with E-state index in [1.165, 1.54) is 5.56 Å². The van der Waals surface area contributed by atoms with Gasteiger partial charge in [0.1, 0.15) is 0 Å². The highest BCUT2D eigenvalue weighted by atomic mass is 35.5. The van der Waals surface area contributed by atoms with Crippen molar-refractivity contribution in [3.8, 4) is 0 Å². The van der Waals surface area contributed by atoms with E-state index in [-0.39, 0.29) is 0 Å². The summed E-state index contributed by atoms with van der Waals surface area (Å²) in [5.41, 5.74) is 2.04. The van der Waals surface area contributed by atoms with Crippen LogP contribution in [0.15, 0.2) is 48.5 Å². The molecular formula is C16H16Cl2O. The van der Waals surface area contributed by atoms with Gasteiger partial charge in [-0.05, 0) is 42.5 Å². The third-order valence-corrected chi connectivity index (χ3v) is 3.67. The molecule has 2 aromatic rings. The lowest BCUT2D eigenvalue weighted by Gasteiger charge is -2.12. The van der Waals surface area contributed by atoms with Gasteiger partial charge in [-0.1, -0.05) is 59.6 Å². The summed E-state index contributed by atoms with van der Waals surface area (Å²) >= 11 is 11.9. The molecule has 0 saturated heterocycles. The number of benzene rings is 2. The van der Waals surface area contributed by atoms with Crippen LogP contribution in [0.1, 0.15) is 30.1 Å². The topological polar surface area (TPSA) is 20.2 Å². The zero-order valence-corrected chi connectivity index (χ0v) is 12.0. The number of hydrogen-bond donors (Lipinski definition) is 1. The molecule has 0 aliphatic heterocycles. The van der Waals surface area contributed by atoms with E-state index in [9.17, 15) is 5.11 Å². The number of aliphatic hydroxyl groups is 1. The Morgan fingerprint density at radius 2 is 1.74 bits per heavy atom. The summed E-state index contributed by atoms with van der Waals surface area (Å²) in [6.07, 6.45) is 2.04. The van der Waals surface area contributed by atoms with Crippen molar-refractivity contribution in [1.29, 1.82) is 0 Å². The molecule has 1 atom stereocenters. The number of rotatable bonds is 5. The summed E-state index contributed by atoms with van der Waals surface area (Å²) in [6, 6.07) is 15.5. The van der Waals surface area contributed by atoms with Gasteiger partial charge < -0.3 is 5.11 Å². The first-order valence-electron chi connectivity index (χ1n) is 6.34. The molecule has 0 heterocycles. The molecule has 0 bridgehead atoms. The van der Waals surface area contributed by atoms with E-state index >= 15 is 0 Å². The van der Waals surface area contributed by atoms with E-state index in [1.54, 1.807) is 18.2 Å². The van der Waals surface area contributed by atoms with Gasteiger partial charge >= 0.3 is 0 Å². The third-order valence-electron chi connectivity index (χ3n) is 3.11. The van der Waals surface area contributed by atoms with Crippen LogP contribution in [0.5, 0.6) is 0 Å². The zero-order chi connectivity index (χ0) is 13.7. The lowest BCUT2D eigenvalue weighted by atomic mass is 10.0. The van der Waals surface area contributed by atoms with Crippen molar-refractivity contribution < 1.29 is 5.11 Å². The first-order chi connectivity index (χ1) is 9.16.